The third-order valence-corrected chi connectivity index (χ3v) is 5.40. The quantitative estimate of drug-likeness (QED) is 0.187. The molecule has 4 nitrogen and oxygen atoms in total. The summed E-state index contributed by atoms with van der Waals surface area (Å²) < 4.78 is 5.23. The van der Waals surface area contributed by atoms with Crippen LogP contribution in [-0.4, -0.2) is 40.9 Å². The van der Waals surface area contributed by atoms with E-state index in [0.29, 0.717) is 5.75 Å². The molecule has 0 radical (unpaired) electrons. The molecule has 0 aromatic heterocycles. The number of thioether (sulfide) groups is 1. The number of Topliss-reactive ketones (excluding diaryl/α,β-unsaturated/α-hetero) is 1. The molecule has 0 aliphatic carbocycles. The number of nitrogens with one attached hydrogen (secondary N) is 1. The Morgan fingerprint density at radius 2 is 1.57 bits per heavy atom. The van der Waals surface area contributed by atoms with Crippen molar-refractivity contribution in [3.05, 3.63) is 34.9 Å². The summed E-state index contributed by atoms with van der Waals surface area (Å²) in [7, 11) is 0. The molecule has 0 unspecified atom stereocenters. The Balaban J connectivity index is 4.37. The summed E-state index contributed by atoms with van der Waals surface area (Å²) in [5.74, 6) is 0.925. The summed E-state index contributed by atoms with van der Waals surface area (Å²) in [5, 5.41) is 2.63. The van der Waals surface area contributed by atoms with Crippen molar-refractivity contribution < 1.29 is 14.3 Å². The van der Waals surface area contributed by atoms with E-state index >= 15 is 0 Å². The molecule has 0 saturated carbocycles. The lowest BCUT2D eigenvalue weighted by Crippen LogP contribution is -2.45. The fourth-order valence-corrected chi connectivity index (χ4v) is 3.71. The average molecular weight is 458 g/mol. The fourth-order valence-electron chi connectivity index (χ4n) is 2.48. The number of amides is 1. The van der Waals surface area contributed by atoms with Gasteiger partial charge in [0, 0.05) is 11.5 Å². The van der Waals surface area contributed by atoms with E-state index in [0.717, 1.165) is 31.4 Å². The maximum absolute atomic E-state index is 12.0. The van der Waals surface area contributed by atoms with Gasteiger partial charge in [-0.25, -0.2) is 4.79 Å². The first-order valence-corrected chi connectivity index (χ1v) is 12.2. The normalized spacial score (nSPS) is 13.6. The first-order chi connectivity index (χ1) is 13.9. The lowest BCUT2D eigenvalue weighted by Gasteiger charge is -2.22. The molecule has 0 bridgehead atoms. The number of ether oxygens (including phenoxy) is 1. The van der Waals surface area contributed by atoms with Crippen molar-refractivity contribution >= 4 is 35.2 Å². The standard InChI is InChI=1S/C24H40ClNO3S/c1-18(2)10-8-11-19(3)12-9-13-20(4)14-15-30-17-21(22(27)16-25)26-23(28)29-24(5,6)7/h10,12,14,21H,8-9,11,13,15-17H2,1-7H3,(H,26,28)/b19-12+,20-14+/t21-/m1/s1. The third kappa shape index (κ3) is 16.6. The number of carbonyl (C=O) groups is 2. The van der Waals surface area contributed by atoms with Crippen LogP contribution in [0.25, 0.3) is 0 Å². The number of alkyl carbamates (subject to hydrolysis) is 1. The summed E-state index contributed by atoms with van der Waals surface area (Å²) in [6.45, 7) is 13.9. The van der Waals surface area contributed by atoms with Gasteiger partial charge in [-0.1, -0.05) is 34.9 Å². The molecule has 0 heterocycles. The Morgan fingerprint density at radius 1 is 1.00 bits per heavy atom. The lowest BCUT2D eigenvalue weighted by atomic mass is 10.1. The maximum atomic E-state index is 12.0. The van der Waals surface area contributed by atoms with Crippen molar-refractivity contribution in [2.45, 2.75) is 85.8 Å². The molecular weight excluding hydrogens is 418 g/mol. The smallest absolute Gasteiger partial charge is 0.408 e. The Kier molecular flexibility index (Phi) is 15.0. The number of rotatable bonds is 13. The van der Waals surface area contributed by atoms with Crippen LogP contribution in [0.1, 0.15) is 74.1 Å². The van der Waals surface area contributed by atoms with Crippen molar-refractivity contribution in [3.8, 4) is 0 Å². The van der Waals surface area contributed by atoms with Crippen molar-refractivity contribution in [2.75, 3.05) is 17.4 Å². The van der Waals surface area contributed by atoms with E-state index in [1.165, 1.54) is 16.7 Å². The number of carbonyl (C=O) groups excluding carboxylic acids is 2. The van der Waals surface area contributed by atoms with Crippen LogP contribution in [0.15, 0.2) is 34.9 Å². The Hall–Kier alpha value is -1.20. The zero-order valence-electron chi connectivity index (χ0n) is 19.8. The van der Waals surface area contributed by atoms with Crippen molar-refractivity contribution in [2.24, 2.45) is 0 Å². The summed E-state index contributed by atoms with van der Waals surface area (Å²) in [5.41, 5.74) is 3.53. The minimum atomic E-state index is -0.637. The molecule has 0 rings (SSSR count). The molecule has 0 aliphatic rings. The molecule has 30 heavy (non-hydrogen) atoms. The van der Waals surface area contributed by atoms with Gasteiger partial charge in [0.1, 0.15) is 11.6 Å². The summed E-state index contributed by atoms with van der Waals surface area (Å²) in [4.78, 5) is 24.0. The van der Waals surface area contributed by atoms with Crippen LogP contribution in [0.3, 0.4) is 0 Å². The first-order valence-electron chi connectivity index (χ1n) is 10.5. The molecular formula is C24H40ClNO3S. The van der Waals surface area contributed by atoms with E-state index in [2.05, 4.69) is 51.2 Å². The average Bonchev–Trinajstić information content (AvgIpc) is 2.61. The number of hydrogen-bond donors (Lipinski definition) is 1. The van der Waals surface area contributed by atoms with Gasteiger partial charge in [-0.3, -0.25) is 4.79 Å². The number of alkyl halides is 1. The second-order valence-corrected chi connectivity index (χ2v) is 10.1. The van der Waals surface area contributed by atoms with Gasteiger partial charge in [0.25, 0.3) is 0 Å². The second-order valence-electron chi connectivity index (χ2n) is 8.80. The number of halogens is 1. The zero-order valence-corrected chi connectivity index (χ0v) is 21.3. The van der Waals surface area contributed by atoms with E-state index in [9.17, 15) is 9.59 Å². The molecule has 0 spiro atoms. The predicted octanol–water partition coefficient (Wildman–Crippen LogP) is 6.84. The Bertz CT molecular complexity index is 629. The highest BCUT2D eigenvalue weighted by Crippen LogP contribution is 2.14. The minimum absolute atomic E-state index is 0.130. The van der Waals surface area contributed by atoms with Gasteiger partial charge in [-0.15, -0.1) is 11.6 Å². The lowest BCUT2D eigenvalue weighted by molar-refractivity contribution is -0.118. The van der Waals surface area contributed by atoms with Crippen molar-refractivity contribution in [1.82, 2.24) is 5.32 Å². The van der Waals surface area contributed by atoms with Gasteiger partial charge >= 0.3 is 6.09 Å². The minimum Gasteiger partial charge on any atom is -0.444 e. The molecule has 1 atom stereocenters. The van der Waals surface area contributed by atoms with Gasteiger partial charge < -0.3 is 10.1 Å². The fraction of sp³-hybridized carbons (Fsp3) is 0.667. The summed E-state index contributed by atoms with van der Waals surface area (Å²) in [6.07, 6.45) is 10.5. The van der Waals surface area contributed by atoms with Gasteiger partial charge in [0.05, 0.1) is 5.88 Å². The summed E-state index contributed by atoms with van der Waals surface area (Å²) in [6, 6.07) is -0.637. The van der Waals surface area contributed by atoms with Crippen LogP contribution in [0, 0.1) is 0 Å². The zero-order chi connectivity index (χ0) is 23.2. The summed E-state index contributed by atoms with van der Waals surface area (Å²) >= 11 is 7.28. The van der Waals surface area contributed by atoms with Gasteiger partial charge in [0.15, 0.2) is 5.78 Å². The molecule has 0 saturated heterocycles. The molecule has 1 amide bonds. The van der Waals surface area contributed by atoms with E-state index < -0.39 is 17.7 Å². The molecule has 6 heteroatoms. The molecule has 172 valence electrons. The topological polar surface area (TPSA) is 55.4 Å². The molecule has 0 aromatic carbocycles. The predicted molar refractivity (Wildman–Crippen MR) is 132 cm³/mol. The SMILES string of the molecule is CC(C)=CCC/C(C)=C/CC/C(C)=C/CSC[C@@H](NC(=O)OC(C)(C)C)C(=O)CCl. The number of ketones is 1. The van der Waals surface area contributed by atoms with Gasteiger partial charge in [0.2, 0.25) is 0 Å². The molecule has 0 fully saturated rings. The molecule has 0 aliphatic heterocycles. The highest BCUT2D eigenvalue weighted by molar-refractivity contribution is 7.99. The van der Waals surface area contributed by atoms with E-state index in [1.54, 1.807) is 32.5 Å². The molecule has 1 N–H and O–H groups in total. The highest BCUT2D eigenvalue weighted by atomic mass is 35.5. The van der Waals surface area contributed by atoms with Crippen LogP contribution in [0.5, 0.6) is 0 Å². The van der Waals surface area contributed by atoms with Crippen LogP contribution in [0.2, 0.25) is 0 Å². The van der Waals surface area contributed by atoms with Crippen LogP contribution in [0.4, 0.5) is 4.79 Å². The van der Waals surface area contributed by atoms with E-state index in [1.807, 2.05) is 0 Å². The third-order valence-electron chi connectivity index (χ3n) is 4.17. The molecule has 0 aromatic rings. The Labute approximate surface area is 192 Å². The first kappa shape index (κ1) is 28.8. The number of allylic oxidation sites excluding steroid dienone is 5. The van der Waals surface area contributed by atoms with Gasteiger partial charge in [-0.2, -0.15) is 11.8 Å². The maximum Gasteiger partial charge on any atom is 0.408 e. The van der Waals surface area contributed by atoms with Crippen LogP contribution in [-0.2, 0) is 9.53 Å². The van der Waals surface area contributed by atoms with Crippen molar-refractivity contribution in [1.29, 1.82) is 0 Å². The largest absolute Gasteiger partial charge is 0.444 e. The Morgan fingerprint density at radius 3 is 2.10 bits per heavy atom. The number of hydrogen-bond acceptors (Lipinski definition) is 4. The monoisotopic (exact) mass is 457 g/mol. The van der Waals surface area contributed by atoms with Crippen LogP contribution >= 0.6 is 23.4 Å². The van der Waals surface area contributed by atoms with E-state index in [-0.39, 0.29) is 11.7 Å². The van der Waals surface area contributed by atoms with Crippen LogP contribution < -0.4 is 5.32 Å². The second kappa shape index (κ2) is 15.6. The van der Waals surface area contributed by atoms with E-state index in [4.69, 9.17) is 16.3 Å². The van der Waals surface area contributed by atoms with Gasteiger partial charge in [-0.05, 0) is 74.1 Å². The van der Waals surface area contributed by atoms with Crippen molar-refractivity contribution in [3.63, 3.8) is 0 Å². The highest BCUT2D eigenvalue weighted by Gasteiger charge is 2.23.